The fourth-order valence-electron chi connectivity index (χ4n) is 3.18. The maximum atomic E-state index is 12.7. The van der Waals surface area contributed by atoms with Crippen molar-refractivity contribution in [2.24, 2.45) is 0 Å². The molecule has 150 valence electrons. The van der Waals surface area contributed by atoms with Gasteiger partial charge >= 0.3 is 17.2 Å². The van der Waals surface area contributed by atoms with Crippen LogP contribution in [0.2, 0.25) is 0 Å². The molecule has 7 nitrogen and oxygen atoms in total. The smallest absolute Gasteiger partial charge is 0.351 e. The number of carbonyl (C=O) groups is 2. The van der Waals surface area contributed by atoms with Crippen LogP contribution in [0.1, 0.15) is 33.2 Å². The summed E-state index contributed by atoms with van der Waals surface area (Å²) in [4.78, 5) is 49.0. The fraction of sp³-hybridized carbons (Fsp3) is 0.0909. The molecule has 0 unspecified atom stereocenters. The first-order valence-electron chi connectivity index (χ1n) is 8.78. The Labute approximate surface area is 177 Å². The molecule has 0 spiro atoms. The molecule has 0 atom stereocenters. The Hall–Kier alpha value is -3.52. The highest BCUT2D eigenvalue weighted by atomic mass is 79.9. The van der Waals surface area contributed by atoms with E-state index in [2.05, 4.69) is 15.9 Å². The van der Waals surface area contributed by atoms with Gasteiger partial charge in [-0.05, 0) is 55.8 Å². The van der Waals surface area contributed by atoms with Crippen LogP contribution in [0.3, 0.4) is 0 Å². The van der Waals surface area contributed by atoms with Crippen LogP contribution < -0.4 is 16.0 Å². The second kappa shape index (κ2) is 7.38. The van der Waals surface area contributed by atoms with Crippen molar-refractivity contribution in [3.8, 4) is 5.75 Å². The van der Waals surface area contributed by atoms with Crippen molar-refractivity contribution in [2.75, 3.05) is 0 Å². The Bertz CT molecular complexity index is 1480. The number of hydrogen-bond donors (Lipinski definition) is 0. The van der Waals surface area contributed by atoms with Gasteiger partial charge in [-0.1, -0.05) is 15.9 Å². The minimum absolute atomic E-state index is 0.0206. The number of ketones is 1. The van der Waals surface area contributed by atoms with Gasteiger partial charge in [0.1, 0.15) is 22.5 Å². The Kier molecular flexibility index (Phi) is 4.87. The molecule has 0 aliphatic carbocycles. The van der Waals surface area contributed by atoms with Gasteiger partial charge in [-0.15, -0.1) is 0 Å². The standard InChI is InChI=1S/C22H13BrO7/c1-10-7-18(25)30-20-14(10)4-6-17(19(20)11(2)24)29-22(27)15-9-12-8-13(23)3-5-16(12)28-21(15)26/h3-9H,1-2H3. The highest BCUT2D eigenvalue weighted by Gasteiger charge is 2.22. The molecule has 0 radical (unpaired) electrons. The number of hydrogen-bond acceptors (Lipinski definition) is 7. The van der Waals surface area contributed by atoms with E-state index < -0.39 is 23.0 Å². The molecule has 0 saturated carbocycles. The Morgan fingerprint density at radius 3 is 2.50 bits per heavy atom. The summed E-state index contributed by atoms with van der Waals surface area (Å²) < 4.78 is 16.5. The molecule has 0 bridgehead atoms. The van der Waals surface area contributed by atoms with Gasteiger partial charge in [0.2, 0.25) is 0 Å². The molecule has 0 aliphatic heterocycles. The zero-order valence-corrected chi connectivity index (χ0v) is 17.4. The first-order valence-corrected chi connectivity index (χ1v) is 9.58. The van der Waals surface area contributed by atoms with E-state index in [0.717, 1.165) is 4.47 Å². The SMILES string of the molecule is CC(=O)c1c(OC(=O)c2cc3cc(Br)ccc3oc2=O)ccc2c(C)cc(=O)oc12. The molecule has 0 N–H and O–H groups in total. The number of halogens is 1. The van der Waals surface area contributed by atoms with Crippen LogP contribution in [0, 0.1) is 6.92 Å². The first-order chi connectivity index (χ1) is 14.2. The van der Waals surface area contributed by atoms with Crippen molar-refractivity contribution in [3.63, 3.8) is 0 Å². The molecular formula is C22H13BrO7. The third kappa shape index (κ3) is 3.46. The lowest BCUT2D eigenvalue weighted by Gasteiger charge is -2.11. The minimum Gasteiger partial charge on any atom is -0.422 e. The van der Waals surface area contributed by atoms with Gasteiger partial charge in [0.05, 0.1) is 0 Å². The average molecular weight is 469 g/mol. The highest BCUT2D eigenvalue weighted by molar-refractivity contribution is 9.10. The van der Waals surface area contributed by atoms with Gasteiger partial charge < -0.3 is 13.6 Å². The summed E-state index contributed by atoms with van der Waals surface area (Å²) in [5, 5.41) is 1.05. The van der Waals surface area contributed by atoms with E-state index in [9.17, 15) is 19.2 Å². The van der Waals surface area contributed by atoms with Gasteiger partial charge in [-0.3, -0.25) is 4.79 Å². The molecule has 4 rings (SSSR count). The second-order valence-electron chi connectivity index (χ2n) is 6.64. The van der Waals surface area contributed by atoms with E-state index in [0.29, 0.717) is 21.9 Å². The second-order valence-corrected chi connectivity index (χ2v) is 7.55. The van der Waals surface area contributed by atoms with E-state index in [-0.39, 0.29) is 22.5 Å². The lowest BCUT2D eigenvalue weighted by Crippen LogP contribution is -2.19. The van der Waals surface area contributed by atoms with Crippen molar-refractivity contribution in [3.05, 3.63) is 84.5 Å². The van der Waals surface area contributed by atoms with Gasteiger partial charge in [0, 0.05) is 21.3 Å². The Morgan fingerprint density at radius 1 is 1.00 bits per heavy atom. The largest absolute Gasteiger partial charge is 0.422 e. The van der Waals surface area contributed by atoms with Crippen molar-refractivity contribution in [1.82, 2.24) is 0 Å². The summed E-state index contributed by atoms with van der Waals surface area (Å²) in [6, 6.07) is 10.6. The number of ether oxygens (including phenoxy) is 1. The predicted octanol–water partition coefficient (Wildman–Crippen LogP) is 4.39. The van der Waals surface area contributed by atoms with E-state index >= 15 is 0 Å². The molecule has 0 aliphatic rings. The molecule has 0 fully saturated rings. The molecular weight excluding hydrogens is 456 g/mol. The van der Waals surface area contributed by atoms with Crippen LogP contribution in [0.25, 0.3) is 21.9 Å². The van der Waals surface area contributed by atoms with Crippen LogP contribution >= 0.6 is 15.9 Å². The van der Waals surface area contributed by atoms with E-state index in [4.69, 9.17) is 13.6 Å². The van der Waals surface area contributed by atoms with Gasteiger partial charge in [0.25, 0.3) is 0 Å². The first kappa shape index (κ1) is 19.8. The van der Waals surface area contributed by atoms with E-state index in [1.54, 1.807) is 31.2 Å². The topological polar surface area (TPSA) is 104 Å². The van der Waals surface area contributed by atoms with E-state index in [1.807, 2.05) is 0 Å². The number of benzene rings is 2. The summed E-state index contributed by atoms with van der Waals surface area (Å²) in [6.07, 6.45) is 0. The molecule has 30 heavy (non-hydrogen) atoms. The fourth-order valence-corrected chi connectivity index (χ4v) is 3.55. The molecule has 2 aromatic heterocycles. The molecule has 8 heteroatoms. The Morgan fingerprint density at radius 2 is 1.77 bits per heavy atom. The summed E-state index contributed by atoms with van der Waals surface area (Å²) >= 11 is 3.32. The van der Waals surface area contributed by atoms with Gasteiger partial charge in [-0.2, -0.15) is 0 Å². The van der Waals surface area contributed by atoms with Gasteiger partial charge in [-0.25, -0.2) is 14.4 Å². The van der Waals surface area contributed by atoms with Crippen molar-refractivity contribution in [2.45, 2.75) is 13.8 Å². The lowest BCUT2D eigenvalue weighted by molar-refractivity contribution is 0.0729. The van der Waals surface area contributed by atoms with Crippen LogP contribution in [-0.2, 0) is 0 Å². The monoisotopic (exact) mass is 468 g/mol. The minimum atomic E-state index is -0.998. The normalized spacial score (nSPS) is 11.0. The summed E-state index contributed by atoms with van der Waals surface area (Å²) in [7, 11) is 0. The van der Waals surface area contributed by atoms with Crippen LogP contribution in [0.4, 0.5) is 0 Å². The number of rotatable bonds is 3. The van der Waals surface area contributed by atoms with E-state index in [1.165, 1.54) is 25.1 Å². The third-order valence-electron chi connectivity index (χ3n) is 4.55. The van der Waals surface area contributed by atoms with Crippen LogP contribution in [0.15, 0.2) is 65.4 Å². The average Bonchev–Trinajstić information content (AvgIpc) is 2.66. The van der Waals surface area contributed by atoms with Gasteiger partial charge in [0.15, 0.2) is 11.4 Å². The summed E-state index contributed by atoms with van der Waals surface area (Å²) in [6.45, 7) is 2.96. The zero-order chi connectivity index (χ0) is 21.6. The molecule has 2 heterocycles. The van der Waals surface area contributed by atoms with Crippen molar-refractivity contribution >= 4 is 49.6 Å². The molecule has 2 aromatic carbocycles. The number of Topliss-reactive ketones (excluding diaryl/α,β-unsaturated/α-hetero) is 1. The summed E-state index contributed by atoms with van der Waals surface area (Å²) in [5.74, 6) is -1.59. The third-order valence-corrected chi connectivity index (χ3v) is 5.04. The lowest BCUT2D eigenvalue weighted by atomic mass is 10.0. The quantitative estimate of drug-likeness (QED) is 0.190. The number of fused-ring (bicyclic) bond motifs is 2. The maximum Gasteiger partial charge on any atom is 0.351 e. The number of aryl methyl sites for hydroxylation is 1. The van der Waals surface area contributed by atoms with Crippen molar-refractivity contribution < 1.29 is 23.2 Å². The molecule has 0 amide bonds. The molecule has 4 aromatic rings. The predicted molar refractivity (Wildman–Crippen MR) is 112 cm³/mol. The maximum absolute atomic E-state index is 12.7. The van der Waals surface area contributed by atoms with Crippen LogP contribution in [0.5, 0.6) is 5.75 Å². The zero-order valence-electron chi connectivity index (χ0n) is 15.8. The number of carbonyl (C=O) groups excluding carboxylic acids is 2. The van der Waals surface area contributed by atoms with Crippen molar-refractivity contribution in [1.29, 1.82) is 0 Å². The summed E-state index contributed by atoms with van der Waals surface area (Å²) in [5.41, 5.74) is -0.952. The molecule has 0 saturated heterocycles. The highest BCUT2D eigenvalue weighted by Crippen LogP contribution is 2.30. The Balaban J connectivity index is 1.84. The number of esters is 1. The van der Waals surface area contributed by atoms with Crippen LogP contribution in [-0.4, -0.2) is 11.8 Å².